The van der Waals surface area contributed by atoms with Gasteiger partial charge in [-0.15, -0.1) is 0 Å². The number of carbonyl (C=O) groups excluding carboxylic acids is 2. The molecule has 0 N–H and O–H groups in total. The molecule has 0 radical (unpaired) electrons. The Hall–Kier alpha value is -3.30. The minimum atomic E-state index is -4.43. The Balaban J connectivity index is 1.62. The summed E-state index contributed by atoms with van der Waals surface area (Å²) in [7, 11) is 3.24. The van der Waals surface area contributed by atoms with Gasteiger partial charge in [-0.25, -0.2) is 4.98 Å². The molecule has 0 unspecified atom stereocenters. The second-order valence-corrected chi connectivity index (χ2v) is 7.26. The summed E-state index contributed by atoms with van der Waals surface area (Å²) in [5, 5.41) is 0. The summed E-state index contributed by atoms with van der Waals surface area (Å²) in [5.74, 6) is 0.313. The van der Waals surface area contributed by atoms with E-state index in [1.165, 1.54) is 11.0 Å². The van der Waals surface area contributed by atoms with E-state index in [-0.39, 0.29) is 18.4 Å². The first kappa shape index (κ1) is 22.4. The Morgan fingerprint density at radius 2 is 1.74 bits per heavy atom. The molecule has 166 valence electrons. The summed E-state index contributed by atoms with van der Waals surface area (Å²) < 4.78 is 43.7. The molecule has 7 nitrogen and oxygen atoms in total. The van der Waals surface area contributed by atoms with Crippen LogP contribution in [-0.4, -0.2) is 73.5 Å². The summed E-state index contributed by atoms with van der Waals surface area (Å²) in [6.07, 6.45) is -3.61. The molecule has 0 aliphatic carbocycles. The molecule has 2 amide bonds. The third kappa shape index (κ3) is 5.44. The maximum absolute atomic E-state index is 13.0. The largest absolute Gasteiger partial charge is 0.483 e. The summed E-state index contributed by atoms with van der Waals surface area (Å²) in [5.41, 5.74) is -0.440. The number of ether oxygens (including phenoxy) is 1. The average Bonchev–Trinajstić information content (AvgIpc) is 2.76. The van der Waals surface area contributed by atoms with E-state index < -0.39 is 11.7 Å². The number of hydrogen-bond donors (Lipinski definition) is 0. The first-order valence-corrected chi connectivity index (χ1v) is 9.66. The van der Waals surface area contributed by atoms with Crippen LogP contribution in [0.25, 0.3) is 0 Å². The quantitative estimate of drug-likeness (QED) is 0.721. The third-order valence-electron chi connectivity index (χ3n) is 4.93. The molecule has 2 heterocycles. The first-order valence-electron chi connectivity index (χ1n) is 9.66. The molecular formula is C21H23F3N4O3. The topological polar surface area (TPSA) is 66.0 Å². The van der Waals surface area contributed by atoms with E-state index in [9.17, 15) is 22.8 Å². The maximum atomic E-state index is 13.0. The number of amides is 2. The lowest BCUT2D eigenvalue weighted by Gasteiger charge is -2.35. The molecule has 0 bridgehead atoms. The van der Waals surface area contributed by atoms with Crippen LogP contribution in [0, 0.1) is 0 Å². The van der Waals surface area contributed by atoms with Crippen LogP contribution in [0.5, 0.6) is 5.75 Å². The van der Waals surface area contributed by atoms with E-state index in [1.54, 1.807) is 43.3 Å². The highest BCUT2D eigenvalue weighted by Crippen LogP contribution is 2.29. The molecule has 1 aliphatic rings. The summed E-state index contributed by atoms with van der Waals surface area (Å²) in [4.78, 5) is 33.6. The van der Waals surface area contributed by atoms with E-state index in [4.69, 9.17) is 4.74 Å². The zero-order chi connectivity index (χ0) is 22.6. The number of alkyl halides is 3. The number of hydrogen-bond acceptors (Lipinski definition) is 5. The van der Waals surface area contributed by atoms with E-state index >= 15 is 0 Å². The van der Waals surface area contributed by atoms with Crippen LogP contribution in [0.2, 0.25) is 0 Å². The van der Waals surface area contributed by atoms with Crippen molar-refractivity contribution in [1.29, 1.82) is 0 Å². The molecule has 1 aromatic carbocycles. The highest BCUT2D eigenvalue weighted by atomic mass is 19.4. The number of halogens is 3. The van der Waals surface area contributed by atoms with Crippen molar-refractivity contribution in [1.82, 2.24) is 14.8 Å². The lowest BCUT2D eigenvalue weighted by molar-refractivity contribution is -0.137. The van der Waals surface area contributed by atoms with Crippen LogP contribution in [0.4, 0.5) is 19.0 Å². The van der Waals surface area contributed by atoms with Crippen molar-refractivity contribution >= 4 is 17.6 Å². The van der Waals surface area contributed by atoms with Crippen molar-refractivity contribution in [3.63, 3.8) is 0 Å². The summed E-state index contributed by atoms with van der Waals surface area (Å²) in [6.45, 7) is 1.46. The third-order valence-corrected chi connectivity index (χ3v) is 4.93. The van der Waals surface area contributed by atoms with Crippen molar-refractivity contribution in [2.24, 2.45) is 0 Å². The molecular weight excluding hydrogens is 413 g/mol. The maximum Gasteiger partial charge on any atom is 0.417 e. The zero-order valence-corrected chi connectivity index (χ0v) is 17.2. The van der Waals surface area contributed by atoms with Gasteiger partial charge in [-0.3, -0.25) is 9.59 Å². The molecule has 1 saturated heterocycles. The van der Waals surface area contributed by atoms with Crippen molar-refractivity contribution in [3.05, 3.63) is 53.7 Å². The number of rotatable bonds is 5. The van der Waals surface area contributed by atoms with Crippen LogP contribution >= 0.6 is 0 Å². The molecule has 31 heavy (non-hydrogen) atoms. The predicted octanol–water partition coefficient (Wildman–Crippen LogP) is 2.53. The second kappa shape index (κ2) is 9.23. The van der Waals surface area contributed by atoms with Gasteiger partial charge in [0, 0.05) is 46.5 Å². The van der Waals surface area contributed by atoms with Crippen molar-refractivity contribution in [2.45, 2.75) is 6.18 Å². The molecule has 1 fully saturated rings. The van der Waals surface area contributed by atoms with Crippen molar-refractivity contribution in [3.8, 4) is 5.75 Å². The number of benzene rings is 1. The van der Waals surface area contributed by atoms with Gasteiger partial charge in [0.2, 0.25) is 0 Å². The fraction of sp³-hybridized carbons (Fsp3) is 0.381. The van der Waals surface area contributed by atoms with Gasteiger partial charge >= 0.3 is 6.18 Å². The van der Waals surface area contributed by atoms with Crippen LogP contribution < -0.4 is 9.64 Å². The van der Waals surface area contributed by atoms with Gasteiger partial charge in [0.25, 0.3) is 11.8 Å². The Bertz CT molecular complexity index is 924. The normalized spacial score (nSPS) is 14.4. The van der Waals surface area contributed by atoms with Crippen LogP contribution in [0.3, 0.4) is 0 Å². The van der Waals surface area contributed by atoms with Gasteiger partial charge in [-0.2, -0.15) is 13.2 Å². The lowest BCUT2D eigenvalue weighted by Crippen LogP contribution is -2.49. The number of aromatic nitrogens is 1. The molecule has 2 aromatic rings. The predicted molar refractivity (Wildman–Crippen MR) is 108 cm³/mol. The second-order valence-electron chi connectivity index (χ2n) is 7.26. The fourth-order valence-electron chi connectivity index (χ4n) is 3.09. The number of anilines is 1. The first-order chi connectivity index (χ1) is 14.7. The van der Waals surface area contributed by atoms with Gasteiger partial charge in [-0.1, -0.05) is 12.1 Å². The molecule has 1 aromatic heterocycles. The Morgan fingerprint density at radius 1 is 1.06 bits per heavy atom. The standard InChI is InChI=1S/C21H23F3N4O3/c1-26(2)19(29)14-31-17-6-4-3-5-16(17)20(30)28-11-9-27(10-12-28)18-8-7-15(13-25-18)21(22,23)24/h3-8,13H,9-12,14H2,1-2H3. The number of pyridine rings is 1. The van der Waals surface area contributed by atoms with E-state index in [2.05, 4.69) is 4.98 Å². The van der Waals surface area contributed by atoms with Crippen molar-refractivity contribution in [2.75, 3.05) is 51.8 Å². The van der Waals surface area contributed by atoms with E-state index in [1.807, 2.05) is 4.90 Å². The Morgan fingerprint density at radius 3 is 2.32 bits per heavy atom. The summed E-state index contributed by atoms with van der Waals surface area (Å²) in [6, 6.07) is 9.06. The number of para-hydroxylation sites is 1. The molecule has 0 spiro atoms. The van der Waals surface area contributed by atoms with E-state index in [0.717, 1.165) is 12.3 Å². The highest BCUT2D eigenvalue weighted by Gasteiger charge is 2.31. The van der Waals surface area contributed by atoms with Crippen LogP contribution in [0.1, 0.15) is 15.9 Å². The lowest BCUT2D eigenvalue weighted by atomic mass is 10.1. The molecule has 1 aliphatic heterocycles. The molecule has 10 heteroatoms. The summed E-state index contributed by atoms with van der Waals surface area (Å²) >= 11 is 0. The van der Waals surface area contributed by atoms with E-state index in [0.29, 0.717) is 43.3 Å². The van der Waals surface area contributed by atoms with Gasteiger partial charge in [0.05, 0.1) is 11.1 Å². The van der Waals surface area contributed by atoms with Crippen LogP contribution in [-0.2, 0) is 11.0 Å². The number of nitrogens with zero attached hydrogens (tertiary/aromatic N) is 4. The monoisotopic (exact) mass is 436 g/mol. The van der Waals surface area contributed by atoms with Crippen molar-refractivity contribution < 1.29 is 27.5 Å². The van der Waals surface area contributed by atoms with Gasteiger partial charge < -0.3 is 19.4 Å². The smallest absolute Gasteiger partial charge is 0.417 e. The van der Waals surface area contributed by atoms with Gasteiger partial charge in [0.15, 0.2) is 6.61 Å². The minimum absolute atomic E-state index is 0.176. The number of carbonyl (C=O) groups is 2. The van der Waals surface area contributed by atoms with Gasteiger partial charge in [0.1, 0.15) is 11.6 Å². The number of likely N-dealkylation sites (N-methyl/N-ethyl adjacent to an activating group) is 1. The minimum Gasteiger partial charge on any atom is -0.483 e. The molecule has 0 saturated carbocycles. The Kier molecular flexibility index (Phi) is 6.67. The number of piperazine rings is 1. The highest BCUT2D eigenvalue weighted by molar-refractivity contribution is 5.97. The van der Waals surface area contributed by atoms with Gasteiger partial charge in [-0.05, 0) is 24.3 Å². The Labute approximate surface area is 178 Å². The molecule has 0 atom stereocenters. The van der Waals surface area contributed by atoms with Crippen LogP contribution in [0.15, 0.2) is 42.6 Å². The molecule has 3 rings (SSSR count). The average molecular weight is 436 g/mol. The zero-order valence-electron chi connectivity index (χ0n) is 17.2. The SMILES string of the molecule is CN(C)C(=O)COc1ccccc1C(=O)N1CCN(c2ccc(C(F)(F)F)cn2)CC1. The fourth-order valence-corrected chi connectivity index (χ4v) is 3.09.